The Hall–Kier alpha value is -1.99. The van der Waals surface area contributed by atoms with E-state index in [1.165, 1.54) is 24.1 Å². The van der Waals surface area contributed by atoms with E-state index < -0.39 is 6.10 Å². The molecule has 0 unspecified atom stereocenters. The lowest BCUT2D eigenvalue weighted by Gasteiger charge is -2.36. The van der Waals surface area contributed by atoms with Gasteiger partial charge in [0.2, 0.25) is 5.95 Å². The first-order chi connectivity index (χ1) is 11.7. The summed E-state index contributed by atoms with van der Waals surface area (Å²) in [6.07, 6.45) is 8.40. The number of hydrogen-bond acceptors (Lipinski definition) is 6. The first-order valence-electron chi connectivity index (χ1n) is 8.65. The average Bonchev–Trinajstić information content (AvgIpc) is 3.35. The summed E-state index contributed by atoms with van der Waals surface area (Å²) in [5.74, 6) is 1.27. The summed E-state index contributed by atoms with van der Waals surface area (Å²) in [7, 11) is 2.03. The van der Waals surface area contributed by atoms with Crippen LogP contribution in [-0.4, -0.2) is 55.0 Å². The number of aromatic nitrogens is 4. The SMILES string of the molecule is Cn1ncc(CN2CC[C@@H](Nc3ncccn3)[C@H](O)C2)c1C1CC1. The van der Waals surface area contributed by atoms with Crippen LogP contribution in [0.15, 0.2) is 24.7 Å². The van der Waals surface area contributed by atoms with Gasteiger partial charge in [0.1, 0.15) is 0 Å². The Labute approximate surface area is 141 Å². The number of aryl methyl sites for hydroxylation is 1. The third-order valence-corrected chi connectivity index (χ3v) is 4.97. The summed E-state index contributed by atoms with van der Waals surface area (Å²) in [4.78, 5) is 10.7. The zero-order valence-electron chi connectivity index (χ0n) is 14.0. The second kappa shape index (κ2) is 6.49. The molecule has 2 aromatic rings. The Kier molecular flexibility index (Phi) is 4.20. The van der Waals surface area contributed by atoms with Crippen molar-refractivity contribution in [2.24, 2.45) is 7.05 Å². The lowest BCUT2D eigenvalue weighted by atomic mass is 10.0. The van der Waals surface area contributed by atoms with E-state index >= 15 is 0 Å². The summed E-state index contributed by atoms with van der Waals surface area (Å²) in [5, 5.41) is 18.2. The van der Waals surface area contributed by atoms with Crippen LogP contribution in [0.4, 0.5) is 5.95 Å². The number of likely N-dealkylation sites (tertiary alicyclic amines) is 1. The van der Waals surface area contributed by atoms with E-state index in [0.717, 1.165) is 19.5 Å². The van der Waals surface area contributed by atoms with E-state index in [1.54, 1.807) is 18.5 Å². The largest absolute Gasteiger partial charge is 0.390 e. The molecule has 2 atom stereocenters. The quantitative estimate of drug-likeness (QED) is 0.857. The molecule has 3 heterocycles. The van der Waals surface area contributed by atoms with Gasteiger partial charge in [-0.25, -0.2) is 9.97 Å². The summed E-state index contributed by atoms with van der Waals surface area (Å²) < 4.78 is 2.02. The number of aliphatic hydroxyl groups is 1. The van der Waals surface area contributed by atoms with Crippen LogP contribution in [0.25, 0.3) is 0 Å². The number of rotatable bonds is 5. The minimum absolute atomic E-state index is 0.000417. The fourth-order valence-corrected chi connectivity index (χ4v) is 3.59. The molecule has 2 aliphatic rings. The van der Waals surface area contributed by atoms with Crippen molar-refractivity contribution in [1.29, 1.82) is 0 Å². The summed E-state index contributed by atoms with van der Waals surface area (Å²) in [5.41, 5.74) is 2.69. The predicted molar refractivity (Wildman–Crippen MR) is 90.5 cm³/mol. The molecule has 0 amide bonds. The Balaban J connectivity index is 1.37. The van der Waals surface area contributed by atoms with E-state index in [4.69, 9.17) is 0 Å². The Bertz CT molecular complexity index is 684. The third-order valence-electron chi connectivity index (χ3n) is 4.97. The van der Waals surface area contributed by atoms with Crippen molar-refractivity contribution in [3.63, 3.8) is 0 Å². The highest BCUT2D eigenvalue weighted by molar-refractivity contribution is 5.27. The van der Waals surface area contributed by atoms with Gasteiger partial charge in [0, 0.05) is 56.3 Å². The van der Waals surface area contributed by atoms with Crippen LogP contribution in [-0.2, 0) is 13.6 Å². The zero-order valence-corrected chi connectivity index (χ0v) is 14.0. The predicted octanol–water partition coefficient (Wildman–Crippen LogP) is 1.13. The Morgan fingerprint density at radius 1 is 1.25 bits per heavy atom. The summed E-state index contributed by atoms with van der Waals surface area (Å²) >= 11 is 0. The number of β-amino-alcohol motifs (C(OH)–C–C–N with tert-alkyl or cyclic N) is 1. The second-order valence-corrected chi connectivity index (χ2v) is 6.87. The number of nitrogens with zero attached hydrogens (tertiary/aromatic N) is 5. The van der Waals surface area contributed by atoms with Gasteiger partial charge in [0.25, 0.3) is 0 Å². The van der Waals surface area contributed by atoms with Gasteiger partial charge < -0.3 is 10.4 Å². The smallest absolute Gasteiger partial charge is 0.222 e. The van der Waals surface area contributed by atoms with Gasteiger partial charge in [0.15, 0.2) is 0 Å². The molecule has 2 aromatic heterocycles. The minimum atomic E-state index is -0.427. The van der Waals surface area contributed by atoms with Crippen LogP contribution < -0.4 is 5.32 Å². The van der Waals surface area contributed by atoms with E-state index in [2.05, 4.69) is 25.3 Å². The first kappa shape index (κ1) is 15.5. The highest BCUT2D eigenvalue weighted by atomic mass is 16.3. The van der Waals surface area contributed by atoms with Gasteiger partial charge in [-0.2, -0.15) is 5.10 Å². The Morgan fingerprint density at radius 3 is 2.75 bits per heavy atom. The van der Waals surface area contributed by atoms with E-state index in [9.17, 15) is 5.11 Å². The van der Waals surface area contributed by atoms with Gasteiger partial charge >= 0.3 is 0 Å². The lowest BCUT2D eigenvalue weighted by Crippen LogP contribution is -2.49. The maximum atomic E-state index is 10.5. The average molecular weight is 328 g/mol. The fourth-order valence-electron chi connectivity index (χ4n) is 3.59. The lowest BCUT2D eigenvalue weighted by molar-refractivity contribution is 0.0558. The number of nitrogens with one attached hydrogen (secondary N) is 1. The van der Waals surface area contributed by atoms with Crippen molar-refractivity contribution in [1.82, 2.24) is 24.6 Å². The molecule has 0 bridgehead atoms. The Morgan fingerprint density at radius 2 is 2.04 bits per heavy atom. The number of anilines is 1. The van der Waals surface area contributed by atoms with Crippen LogP contribution in [0, 0.1) is 0 Å². The van der Waals surface area contributed by atoms with Crippen molar-refractivity contribution in [2.75, 3.05) is 18.4 Å². The molecule has 1 aliphatic heterocycles. The summed E-state index contributed by atoms with van der Waals surface area (Å²) in [6, 6.07) is 1.79. The van der Waals surface area contributed by atoms with E-state index in [1.807, 2.05) is 17.9 Å². The van der Waals surface area contributed by atoms with Crippen molar-refractivity contribution < 1.29 is 5.11 Å². The molecule has 7 nitrogen and oxygen atoms in total. The van der Waals surface area contributed by atoms with E-state index in [0.29, 0.717) is 18.4 Å². The number of hydrogen-bond donors (Lipinski definition) is 2. The third kappa shape index (κ3) is 3.27. The van der Waals surface area contributed by atoms with Crippen molar-refractivity contribution in [2.45, 2.75) is 43.9 Å². The molecule has 0 spiro atoms. The van der Waals surface area contributed by atoms with Crippen LogP contribution >= 0.6 is 0 Å². The van der Waals surface area contributed by atoms with Crippen molar-refractivity contribution in [3.05, 3.63) is 35.9 Å². The van der Waals surface area contributed by atoms with E-state index in [-0.39, 0.29) is 6.04 Å². The van der Waals surface area contributed by atoms with Crippen molar-refractivity contribution >= 4 is 5.95 Å². The molecule has 4 rings (SSSR count). The molecule has 1 saturated heterocycles. The molecule has 0 radical (unpaired) electrons. The number of aliphatic hydroxyl groups excluding tert-OH is 1. The van der Waals surface area contributed by atoms with Crippen LogP contribution in [0.2, 0.25) is 0 Å². The number of piperidine rings is 1. The molecular formula is C17H24N6O. The summed E-state index contributed by atoms with van der Waals surface area (Å²) in [6.45, 7) is 2.47. The second-order valence-electron chi connectivity index (χ2n) is 6.87. The monoisotopic (exact) mass is 328 g/mol. The standard InChI is InChI=1S/C17H24N6O/c1-22-16(12-3-4-12)13(9-20-22)10-23-8-5-14(15(24)11-23)21-17-18-6-2-7-19-17/h2,6-7,9,12,14-15,24H,3-5,8,10-11H2,1H3,(H,18,19,21)/t14-,15-/m1/s1. The van der Waals surface area contributed by atoms with Crippen LogP contribution in [0.5, 0.6) is 0 Å². The maximum absolute atomic E-state index is 10.5. The molecule has 2 fully saturated rings. The maximum Gasteiger partial charge on any atom is 0.222 e. The fraction of sp³-hybridized carbons (Fsp3) is 0.588. The van der Waals surface area contributed by atoms with Gasteiger partial charge in [-0.05, 0) is 25.3 Å². The van der Waals surface area contributed by atoms with Crippen LogP contribution in [0.3, 0.4) is 0 Å². The molecule has 2 N–H and O–H groups in total. The molecule has 0 aromatic carbocycles. The zero-order chi connectivity index (χ0) is 16.5. The minimum Gasteiger partial charge on any atom is -0.390 e. The molecular weight excluding hydrogens is 304 g/mol. The normalized spacial score (nSPS) is 24.9. The van der Waals surface area contributed by atoms with Gasteiger partial charge in [-0.3, -0.25) is 9.58 Å². The molecule has 128 valence electrons. The van der Waals surface area contributed by atoms with Gasteiger partial charge in [0.05, 0.1) is 18.3 Å². The van der Waals surface area contributed by atoms with Gasteiger partial charge in [-0.1, -0.05) is 0 Å². The molecule has 1 saturated carbocycles. The first-order valence-corrected chi connectivity index (χ1v) is 8.65. The molecule has 24 heavy (non-hydrogen) atoms. The highest BCUT2D eigenvalue weighted by Gasteiger charge is 2.32. The molecule has 7 heteroatoms. The topological polar surface area (TPSA) is 79.1 Å². The molecule has 1 aliphatic carbocycles. The van der Waals surface area contributed by atoms with Crippen LogP contribution in [0.1, 0.15) is 36.4 Å². The van der Waals surface area contributed by atoms with Crippen molar-refractivity contribution in [3.8, 4) is 0 Å². The highest BCUT2D eigenvalue weighted by Crippen LogP contribution is 2.41. The van der Waals surface area contributed by atoms with Gasteiger partial charge in [-0.15, -0.1) is 0 Å².